The van der Waals surface area contributed by atoms with E-state index in [9.17, 15) is 4.79 Å². The lowest BCUT2D eigenvalue weighted by atomic mass is 10.2. The van der Waals surface area contributed by atoms with E-state index in [1.54, 1.807) is 19.2 Å². The van der Waals surface area contributed by atoms with Crippen LogP contribution in [0.3, 0.4) is 0 Å². The summed E-state index contributed by atoms with van der Waals surface area (Å²) in [4.78, 5) is 12.6. The van der Waals surface area contributed by atoms with Gasteiger partial charge in [-0.2, -0.15) is 0 Å². The van der Waals surface area contributed by atoms with Crippen LogP contribution in [-0.4, -0.2) is 33.5 Å². The van der Waals surface area contributed by atoms with Gasteiger partial charge in [0.15, 0.2) is 28.6 Å². The highest BCUT2D eigenvalue weighted by Crippen LogP contribution is 2.31. The normalized spacial score (nSPS) is 12.0. The maximum absolute atomic E-state index is 12.6. The highest BCUT2D eigenvalue weighted by molar-refractivity contribution is 7.99. The number of amides is 1. The molecule has 0 aliphatic rings. The van der Waals surface area contributed by atoms with Crippen molar-refractivity contribution in [3.63, 3.8) is 0 Å². The van der Waals surface area contributed by atoms with Crippen LogP contribution < -0.4 is 14.8 Å². The molecule has 0 saturated heterocycles. The summed E-state index contributed by atoms with van der Waals surface area (Å²) in [6.45, 7) is 8.81. The minimum Gasteiger partial charge on any atom is -0.493 e. The number of para-hydroxylation sites is 2. The van der Waals surface area contributed by atoms with E-state index >= 15 is 0 Å². The number of carbonyl (C=O) groups excluding carboxylic acids is 1. The van der Waals surface area contributed by atoms with E-state index < -0.39 is 0 Å². The smallest absolute Gasteiger partial charge is 0.234 e. The number of nitrogens with one attached hydrogen (secondary N) is 1. The molecule has 33 heavy (non-hydrogen) atoms. The monoisotopic (exact) mass is 488 g/mol. The summed E-state index contributed by atoms with van der Waals surface area (Å²) < 4.78 is 13.5. The Morgan fingerprint density at radius 3 is 2.58 bits per heavy atom. The number of nitrogens with zero attached hydrogens (tertiary/aromatic N) is 3. The van der Waals surface area contributed by atoms with Crippen molar-refractivity contribution in [2.24, 2.45) is 5.92 Å². The highest BCUT2D eigenvalue weighted by atomic mass is 35.5. The van der Waals surface area contributed by atoms with Crippen molar-refractivity contribution in [3.8, 4) is 11.5 Å². The lowest BCUT2D eigenvalue weighted by molar-refractivity contribution is -0.113. The molecular weight excluding hydrogens is 460 g/mol. The zero-order valence-electron chi connectivity index (χ0n) is 19.5. The van der Waals surface area contributed by atoms with E-state index in [1.165, 1.54) is 11.8 Å². The molecule has 3 aromatic rings. The fourth-order valence-electron chi connectivity index (χ4n) is 3.25. The van der Waals surface area contributed by atoms with Crippen molar-refractivity contribution >= 4 is 35.0 Å². The molecule has 1 unspecified atom stereocenters. The molecule has 7 nitrogen and oxygen atoms in total. The van der Waals surface area contributed by atoms with Crippen LogP contribution in [0.1, 0.15) is 38.3 Å². The number of aryl methyl sites for hydroxylation is 1. The molecule has 1 atom stereocenters. The summed E-state index contributed by atoms with van der Waals surface area (Å²) in [5.74, 6) is 2.41. The molecule has 1 N–H and O–H groups in total. The molecule has 1 heterocycles. The molecule has 0 radical (unpaired) electrons. The second kappa shape index (κ2) is 11.4. The van der Waals surface area contributed by atoms with Crippen LogP contribution in [0.4, 0.5) is 5.69 Å². The minimum atomic E-state index is -0.357. The van der Waals surface area contributed by atoms with Crippen molar-refractivity contribution in [2.45, 2.75) is 45.5 Å². The molecule has 0 saturated carbocycles. The van der Waals surface area contributed by atoms with Crippen molar-refractivity contribution in [3.05, 3.63) is 58.9 Å². The van der Waals surface area contributed by atoms with Gasteiger partial charge in [-0.25, -0.2) is 0 Å². The van der Waals surface area contributed by atoms with Crippen LogP contribution in [0.2, 0.25) is 5.02 Å². The van der Waals surface area contributed by atoms with Gasteiger partial charge in [0.1, 0.15) is 0 Å². The molecule has 3 rings (SSSR count). The van der Waals surface area contributed by atoms with Gasteiger partial charge < -0.3 is 19.4 Å². The molecule has 9 heteroatoms. The van der Waals surface area contributed by atoms with Crippen LogP contribution in [0.25, 0.3) is 0 Å². The molecule has 0 aliphatic heterocycles. The molecular formula is C24H29ClN4O3S. The Labute approximate surface area is 203 Å². The first-order valence-electron chi connectivity index (χ1n) is 10.7. The van der Waals surface area contributed by atoms with E-state index in [4.69, 9.17) is 21.1 Å². The van der Waals surface area contributed by atoms with Gasteiger partial charge in [-0.15, -0.1) is 10.2 Å². The van der Waals surface area contributed by atoms with Gasteiger partial charge in [-0.1, -0.05) is 55.4 Å². The number of hydrogen-bond donors (Lipinski definition) is 1. The highest BCUT2D eigenvalue weighted by Gasteiger charge is 2.22. The number of rotatable bonds is 10. The summed E-state index contributed by atoms with van der Waals surface area (Å²) in [5.41, 5.74) is 1.65. The second-order valence-electron chi connectivity index (χ2n) is 8.05. The fourth-order valence-corrected chi connectivity index (χ4v) is 4.18. The number of methoxy groups -OCH3 is 1. The first-order valence-corrected chi connectivity index (χ1v) is 12.1. The third-order valence-corrected chi connectivity index (χ3v) is 6.04. The zero-order chi connectivity index (χ0) is 24.0. The molecule has 2 aromatic carbocycles. The third kappa shape index (κ3) is 6.65. The fraction of sp³-hybridized carbons (Fsp3) is 0.375. The van der Waals surface area contributed by atoms with E-state index in [0.29, 0.717) is 45.7 Å². The Morgan fingerprint density at radius 2 is 1.88 bits per heavy atom. The third-order valence-electron chi connectivity index (χ3n) is 4.84. The van der Waals surface area contributed by atoms with Crippen molar-refractivity contribution in [1.29, 1.82) is 0 Å². The summed E-state index contributed by atoms with van der Waals surface area (Å²) >= 11 is 7.40. The topological polar surface area (TPSA) is 78.3 Å². The standard InChI is InChI=1S/C24H29ClN4O3S/c1-15(2)13-29-23(17(4)32-21-9-7-6-8-20(21)31-5)27-28-24(29)33-14-22(30)26-19-12-18(25)11-10-16(19)3/h6-12,15,17H,13-14H2,1-5H3,(H,26,30). The summed E-state index contributed by atoms with van der Waals surface area (Å²) in [6, 6.07) is 12.9. The van der Waals surface area contributed by atoms with Gasteiger partial charge >= 0.3 is 0 Å². The molecule has 1 aromatic heterocycles. The SMILES string of the molecule is COc1ccccc1OC(C)c1nnc(SCC(=O)Nc2cc(Cl)ccc2C)n1CC(C)C. The first kappa shape index (κ1) is 24.9. The summed E-state index contributed by atoms with van der Waals surface area (Å²) in [6.07, 6.45) is -0.357. The maximum Gasteiger partial charge on any atom is 0.234 e. The van der Waals surface area contributed by atoms with Crippen LogP contribution in [0.5, 0.6) is 11.5 Å². The van der Waals surface area contributed by atoms with Gasteiger partial charge in [-0.05, 0) is 49.6 Å². The Balaban J connectivity index is 1.73. The predicted molar refractivity (Wildman–Crippen MR) is 132 cm³/mol. The van der Waals surface area contributed by atoms with Gasteiger partial charge in [0.05, 0.1) is 12.9 Å². The van der Waals surface area contributed by atoms with Crippen LogP contribution in [-0.2, 0) is 11.3 Å². The number of aromatic nitrogens is 3. The minimum absolute atomic E-state index is 0.135. The number of ether oxygens (including phenoxy) is 2. The average Bonchev–Trinajstić information content (AvgIpc) is 3.17. The van der Waals surface area contributed by atoms with E-state index in [1.807, 2.05) is 48.7 Å². The molecule has 0 aliphatic carbocycles. The Hall–Kier alpha value is -2.71. The Kier molecular flexibility index (Phi) is 8.63. The number of carbonyl (C=O) groups is 1. The molecule has 0 bridgehead atoms. The van der Waals surface area contributed by atoms with Gasteiger partial charge in [0.25, 0.3) is 0 Å². The maximum atomic E-state index is 12.6. The number of benzene rings is 2. The summed E-state index contributed by atoms with van der Waals surface area (Å²) in [5, 5.41) is 12.9. The Morgan fingerprint density at radius 1 is 1.15 bits per heavy atom. The Bertz CT molecular complexity index is 1100. The van der Waals surface area contributed by atoms with E-state index in [2.05, 4.69) is 29.4 Å². The molecule has 176 valence electrons. The van der Waals surface area contributed by atoms with E-state index in [-0.39, 0.29) is 17.8 Å². The van der Waals surface area contributed by atoms with Crippen LogP contribution in [0.15, 0.2) is 47.6 Å². The average molecular weight is 489 g/mol. The van der Waals surface area contributed by atoms with Crippen LogP contribution >= 0.6 is 23.4 Å². The van der Waals surface area contributed by atoms with Gasteiger partial charge in [-0.3, -0.25) is 4.79 Å². The lowest BCUT2D eigenvalue weighted by Crippen LogP contribution is -2.17. The van der Waals surface area contributed by atoms with Crippen molar-refractivity contribution < 1.29 is 14.3 Å². The van der Waals surface area contributed by atoms with Gasteiger partial charge in [0, 0.05) is 17.3 Å². The molecule has 0 fully saturated rings. The second-order valence-corrected chi connectivity index (χ2v) is 9.43. The van der Waals surface area contributed by atoms with Crippen molar-refractivity contribution in [1.82, 2.24) is 14.8 Å². The van der Waals surface area contributed by atoms with Crippen LogP contribution in [0, 0.1) is 12.8 Å². The zero-order valence-corrected chi connectivity index (χ0v) is 21.0. The first-order chi connectivity index (χ1) is 15.8. The quantitative estimate of drug-likeness (QED) is 0.365. The largest absolute Gasteiger partial charge is 0.493 e. The number of thioether (sulfide) groups is 1. The number of halogens is 1. The summed E-state index contributed by atoms with van der Waals surface area (Å²) in [7, 11) is 1.61. The van der Waals surface area contributed by atoms with Gasteiger partial charge in [0.2, 0.25) is 5.91 Å². The van der Waals surface area contributed by atoms with E-state index in [0.717, 1.165) is 5.56 Å². The molecule has 1 amide bonds. The number of hydrogen-bond acceptors (Lipinski definition) is 6. The molecule has 0 spiro atoms. The van der Waals surface area contributed by atoms with Crippen molar-refractivity contribution in [2.75, 3.05) is 18.2 Å². The lowest BCUT2D eigenvalue weighted by Gasteiger charge is -2.19. The number of anilines is 1. The predicted octanol–water partition coefficient (Wildman–Crippen LogP) is 5.78.